The van der Waals surface area contributed by atoms with Gasteiger partial charge in [-0.25, -0.2) is 0 Å². The zero-order valence-corrected chi connectivity index (χ0v) is 13.0. The summed E-state index contributed by atoms with van der Waals surface area (Å²) in [4.78, 5) is 5.01. The molecule has 21 heavy (non-hydrogen) atoms. The van der Waals surface area contributed by atoms with Crippen molar-refractivity contribution in [1.29, 1.82) is 0 Å². The van der Waals surface area contributed by atoms with Crippen LogP contribution in [-0.2, 0) is 6.42 Å². The highest BCUT2D eigenvalue weighted by Gasteiger charge is 2.16. The van der Waals surface area contributed by atoms with Crippen LogP contribution in [0.2, 0.25) is 5.02 Å². The number of anilines is 1. The molecule has 2 aromatic rings. The van der Waals surface area contributed by atoms with E-state index in [1.807, 2.05) is 12.1 Å². The van der Waals surface area contributed by atoms with Crippen molar-refractivity contribution in [2.75, 3.05) is 37.6 Å². The fourth-order valence-corrected chi connectivity index (χ4v) is 3.06. The Morgan fingerprint density at radius 2 is 1.62 bits per heavy atom. The lowest BCUT2D eigenvalue weighted by Crippen LogP contribution is -2.46. The maximum absolute atomic E-state index is 6.03. The average molecular weight is 301 g/mol. The fourth-order valence-electron chi connectivity index (χ4n) is 2.85. The molecular formula is C18H21ClN2. The molecule has 0 bridgehead atoms. The fraction of sp³-hybridized carbons (Fsp3) is 0.333. The van der Waals surface area contributed by atoms with E-state index < -0.39 is 0 Å². The quantitative estimate of drug-likeness (QED) is 0.849. The van der Waals surface area contributed by atoms with E-state index in [9.17, 15) is 0 Å². The maximum atomic E-state index is 6.03. The van der Waals surface area contributed by atoms with Crippen LogP contribution in [0.15, 0.2) is 54.6 Å². The lowest BCUT2D eigenvalue weighted by molar-refractivity contribution is 0.261. The number of nitrogens with zero attached hydrogens (tertiary/aromatic N) is 2. The van der Waals surface area contributed by atoms with E-state index >= 15 is 0 Å². The van der Waals surface area contributed by atoms with Gasteiger partial charge in [0.05, 0.1) is 0 Å². The van der Waals surface area contributed by atoms with Gasteiger partial charge in [-0.3, -0.25) is 4.90 Å². The molecule has 110 valence electrons. The molecule has 1 aliphatic rings. The number of hydrogen-bond donors (Lipinski definition) is 0. The second kappa shape index (κ2) is 6.97. The number of piperazine rings is 1. The summed E-state index contributed by atoms with van der Waals surface area (Å²) in [7, 11) is 0. The van der Waals surface area contributed by atoms with Gasteiger partial charge in [-0.1, -0.05) is 41.9 Å². The summed E-state index contributed by atoms with van der Waals surface area (Å²) in [6, 6.07) is 18.9. The Hall–Kier alpha value is -1.51. The molecule has 0 aliphatic carbocycles. The van der Waals surface area contributed by atoms with Crippen molar-refractivity contribution in [2.45, 2.75) is 6.42 Å². The van der Waals surface area contributed by atoms with Gasteiger partial charge < -0.3 is 4.90 Å². The molecule has 2 nitrogen and oxygen atoms in total. The zero-order chi connectivity index (χ0) is 14.5. The summed E-state index contributed by atoms with van der Waals surface area (Å²) in [6.07, 6.45) is 1.08. The molecule has 0 amide bonds. The zero-order valence-electron chi connectivity index (χ0n) is 12.2. The number of benzene rings is 2. The lowest BCUT2D eigenvalue weighted by Gasteiger charge is -2.36. The summed E-state index contributed by atoms with van der Waals surface area (Å²) < 4.78 is 0. The van der Waals surface area contributed by atoms with E-state index in [1.54, 1.807) is 0 Å². The van der Waals surface area contributed by atoms with Gasteiger partial charge >= 0.3 is 0 Å². The molecule has 0 saturated carbocycles. The summed E-state index contributed by atoms with van der Waals surface area (Å²) in [5.74, 6) is 0. The van der Waals surface area contributed by atoms with Crippen molar-refractivity contribution in [3.63, 3.8) is 0 Å². The van der Waals surface area contributed by atoms with E-state index in [0.717, 1.165) is 44.2 Å². The smallest absolute Gasteiger partial charge is 0.0408 e. The van der Waals surface area contributed by atoms with Crippen LogP contribution in [0.25, 0.3) is 0 Å². The van der Waals surface area contributed by atoms with Crippen molar-refractivity contribution >= 4 is 17.3 Å². The Morgan fingerprint density at radius 1 is 0.857 bits per heavy atom. The Labute approximate surface area is 131 Å². The number of hydrogen-bond acceptors (Lipinski definition) is 2. The standard InChI is InChI=1S/C18H21ClN2/c19-17-6-4-5-16(15-17)9-10-20-11-13-21(14-12-20)18-7-2-1-3-8-18/h1-8,15H,9-14H2. The van der Waals surface area contributed by atoms with E-state index in [0.29, 0.717) is 0 Å². The Balaban J connectivity index is 1.48. The summed E-state index contributed by atoms with van der Waals surface area (Å²) >= 11 is 6.03. The second-order valence-electron chi connectivity index (χ2n) is 5.54. The average Bonchev–Trinajstić information content (AvgIpc) is 2.54. The van der Waals surface area contributed by atoms with Crippen molar-refractivity contribution in [2.24, 2.45) is 0 Å². The number of rotatable bonds is 4. The van der Waals surface area contributed by atoms with Gasteiger partial charge in [0.1, 0.15) is 0 Å². The van der Waals surface area contributed by atoms with Crippen LogP contribution in [0.1, 0.15) is 5.56 Å². The normalized spacial score (nSPS) is 16.1. The largest absolute Gasteiger partial charge is 0.369 e. The van der Waals surface area contributed by atoms with E-state index in [1.165, 1.54) is 11.3 Å². The summed E-state index contributed by atoms with van der Waals surface area (Å²) in [5.41, 5.74) is 2.67. The van der Waals surface area contributed by atoms with Crippen molar-refractivity contribution in [3.8, 4) is 0 Å². The molecule has 0 aromatic heterocycles. The SMILES string of the molecule is Clc1cccc(CCN2CCN(c3ccccc3)CC2)c1. The highest BCUT2D eigenvalue weighted by atomic mass is 35.5. The number of para-hydroxylation sites is 1. The van der Waals surface area contributed by atoms with Gasteiger partial charge in [-0.15, -0.1) is 0 Å². The Morgan fingerprint density at radius 3 is 2.33 bits per heavy atom. The van der Waals surface area contributed by atoms with Crippen LogP contribution in [0.5, 0.6) is 0 Å². The van der Waals surface area contributed by atoms with Crippen molar-refractivity contribution < 1.29 is 0 Å². The van der Waals surface area contributed by atoms with Crippen LogP contribution in [0.4, 0.5) is 5.69 Å². The minimum absolute atomic E-state index is 0.835. The van der Waals surface area contributed by atoms with Crippen molar-refractivity contribution in [1.82, 2.24) is 4.90 Å². The third kappa shape index (κ3) is 3.99. The molecule has 0 spiro atoms. The molecule has 3 rings (SSSR count). The molecule has 1 aliphatic heterocycles. The third-order valence-electron chi connectivity index (χ3n) is 4.10. The van der Waals surface area contributed by atoms with Gasteiger partial charge in [0, 0.05) is 43.4 Å². The first-order valence-electron chi connectivity index (χ1n) is 7.58. The summed E-state index contributed by atoms with van der Waals surface area (Å²) in [5, 5.41) is 0.835. The van der Waals surface area contributed by atoms with Gasteiger partial charge in [0.15, 0.2) is 0 Å². The first-order chi connectivity index (χ1) is 10.3. The topological polar surface area (TPSA) is 6.48 Å². The maximum Gasteiger partial charge on any atom is 0.0408 e. The minimum Gasteiger partial charge on any atom is -0.369 e. The molecule has 0 N–H and O–H groups in total. The van der Waals surface area contributed by atoms with E-state index in [4.69, 9.17) is 11.6 Å². The lowest BCUT2D eigenvalue weighted by atomic mass is 10.1. The van der Waals surface area contributed by atoms with Crippen LogP contribution in [-0.4, -0.2) is 37.6 Å². The third-order valence-corrected chi connectivity index (χ3v) is 4.33. The minimum atomic E-state index is 0.835. The molecule has 0 radical (unpaired) electrons. The second-order valence-corrected chi connectivity index (χ2v) is 5.98. The Kier molecular flexibility index (Phi) is 4.79. The summed E-state index contributed by atoms with van der Waals surface area (Å²) in [6.45, 7) is 5.60. The van der Waals surface area contributed by atoms with E-state index in [-0.39, 0.29) is 0 Å². The molecule has 3 heteroatoms. The molecule has 1 fully saturated rings. The van der Waals surface area contributed by atoms with E-state index in [2.05, 4.69) is 52.3 Å². The van der Waals surface area contributed by atoms with Crippen LogP contribution in [0, 0.1) is 0 Å². The number of halogens is 1. The first-order valence-corrected chi connectivity index (χ1v) is 7.96. The van der Waals surface area contributed by atoms with Gasteiger partial charge in [-0.05, 0) is 36.2 Å². The molecule has 0 atom stereocenters. The first kappa shape index (κ1) is 14.4. The van der Waals surface area contributed by atoms with Crippen molar-refractivity contribution in [3.05, 3.63) is 65.2 Å². The van der Waals surface area contributed by atoms with Gasteiger partial charge in [-0.2, -0.15) is 0 Å². The molecule has 2 aromatic carbocycles. The highest BCUT2D eigenvalue weighted by molar-refractivity contribution is 6.30. The van der Waals surface area contributed by atoms with Gasteiger partial charge in [0.25, 0.3) is 0 Å². The predicted molar refractivity (Wildman–Crippen MR) is 90.3 cm³/mol. The molecule has 0 unspecified atom stereocenters. The Bertz CT molecular complexity index is 562. The van der Waals surface area contributed by atoms with Crippen LogP contribution >= 0.6 is 11.6 Å². The highest BCUT2D eigenvalue weighted by Crippen LogP contribution is 2.16. The van der Waals surface area contributed by atoms with Crippen LogP contribution in [0.3, 0.4) is 0 Å². The molecule has 1 saturated heterocycles. The molecule has 1 heterocycles. The van der Waals surface area contributed by atoms with Gasteiger partial charge in [0.2, 0.25) is 0 Å². The monoisotopic (exact) mass is 300 g/mol. The van der Waals surface area contributed by atoms with Crippen LogP contribution < -0.4 is 4.90 Å². The molecular weight excluding hydrogens is 280 g/mol. The predicted octanol–water partition coefficient (Wildman–Crippen LogP) is 3.70.